The zero-order valence-electron chi connectivity index (χ0n) is 16.4. The molecule has 0 spiro atoms. The van der Waals surface area contributed by atoms with Crippen molar-refractivity contribution in [1.82, 2.24) is 20.4 Å². The highest BCUT2D eigenvalue weighted by Crippen LogP contribution is 2.17. The molecule has 0 aliphatic heterocycles. The number of carbonyl (C=O) groups is 2. The van der Waals surface area contributed by atoms with Crippen LogP contribution in [0.25, 0.3) is 5.69 Å². The summed E-state index contributed by atoms with van der Waals surface area (Å²) < 4.78 is 1.46. The van der Waals surface area contributed by atoms with Crippen LogP contribution in [0.3, 0.4) is 0 Å². The normalized spacial score (nSPS) is 10.8. The molecule has 3 aromatic rings. The van der Waals surface area contributed by atoms with Crippen LogP contribution in [0, 0.1) is 5.92 Å². The molecule has 2 N–H and O–H groups in total. The number of hydrogen-bond acceptors (Lipinski definition) is 3. The molecular formula is C22H23ClN4O2. The minimum Gasteiger partial charge on any atom is -0.350 e. The summed E-state index contributed by atoms with van der Waals surface area (Å²) in [7, 11) is 0. The fourth-order valence-electron chi connectivity index (χ4n) is 2.69. The molecule has 150 valence electrons. The first-order valence-electron chi connectivity index (χ1n) is 9.40. The van der Waals surface area contributed by atoms with E-state index in [4.69, 9.17) is 11.6 Å². The van der Waals surface area contributed by atoms with Crippen molar-refractivity contribution in [1.29, 1.82) is 0 Å². The number of nitrogens with zero attached hydrogens (tertiary/aromatic N) is 2. The molecule has 0 radical (unpaired) electrons. The van der Waals surface area contributed by atoms with Crippen molar-refractivity contribution < 1.29 is 9.59 Å². The van der Waals surface area contributed by atoms with E-state index in [2.05, 4.69) is 15.7 Å². The predicted octanol–water partition coefficient (Wildman–Crippen LogP) is 3.84. The summed E-state index contributed by atoms with van der Waals surface area (Å²) in [6, 6.07) is 18.0. The van der Waals surface area contributed by atoms with Gasteiger partial charge in [0, 0.05) is 24.2 Å². The molecular weight excluding hydrogens is 388 g/mol. The number of aromatic nitrogens is 2. The lowest BCUT2D eigenvalue weighted by molar-refractivity contribution is 0.0936. The monoisotopic (exact) mass is 410 g/mol. The van der Waals surface area contributed by atoms with Crippen molar-refractivity contribution in [3.8, 4) is 5.69 Å². The van der Waals surface area contributed by atoms with Gasteiger partial charge in [0.2, 0.25) is 0 Å². The Balaban J connectivity index is 1.85. The SMILES string of the molecule is CC(C)CNC(=O)c1cc(C(=O)NCc2ccccc2)nn1-c1ccc(Cl)cc1. The molecule has 2 aromatic carbocycles. The Morgan fingerprint density at radius 2 is 1.69 bits per heavy atom. The molecule has 3 rings (SSSR count). The molecule has 0 fully saturated rings. The van der Waals surface area contributed by atoms with E-state index >= 15 is 0 Å². The summed E-state index contributed by atoms with van der Waals surface area (Å²) in [6.07, 6.45) is 0. The first-order chi connectivity index (χ1) is 13.9. The van der Waals surface area contributed by atoms with Gasteiger partial charge in [0.15, 0.2) is 5.69 Å². The third-order valence-corrected chi connectivity index (χ3v) is 4.46. The van der Waals surface area contributed by atoms with Crippen LogP contribution in [0.1, 0.15) is 40.4 Å². The maximum atomic E-state index is 12.7. The second-order valence-corrected chi connectivity index (χ2v) is 7.51. The second kappa shape index (κ2) is 9.39. The van der Waals surface area contributed by atoms with Crippen LogP contribution in [-0.4, -0.2) is 28.1 Å². The van der Waals surface area contributed by atoms with Crippen LogP contribution in [0.4, 0.5) is 0 Å². The van der Waals surface area contributed by atoms with Gasteiger partial charge in [-0.15, -0.1) is 0 Å². The first-order valence-corrected chi connectivity index (χ1v) is 9.78. The molecule has 0 unspecified atom stereocenters. The van der Waals surface area contributed by atoms with Crippen LogP contribution in [0.15, 0.2) is 60.7 Å². The Kier molecular flexibility index (Phi) is 6.67. The van der Waals surface area contributed by atoms with Crippen LogP contribution < -0.4 is 10.6 Å². The summed E-state index contributed by atoms with van der Waals surface area (Å²) in [5.41, 5.74) is 2.09. The summed E-state index contributed by atoms with van der Waals surface area (Å²) in [5.74, 6) is -0.331. The number of nitrogens with one attached hydrogen (secondary N) is 2. The smallest absolute Gasteiger partial charge is 0.272 e. The van der Waals surface area contributed by atoms with Gasteiger partial charge in [-0.25, -0.2) is 4.68 Å². The Labute approximate surface area is 174 Å². The van der Waals surface area contributed by atoms with Crippen molar-refractivity contribution in [2.24, 2.45) is 5.92 Å². The molecule has 2 amide bonds. The number of halogens is 1. The van der Waals surface area contributed by atoms with Gasteiger partial charge in [0.25, 0.3) is 11.8 Å². The molecule has 6 nitrogen and oxygen atoms in total. The van der Waals surface area contributed by atoms with Gasteiger partial charge in [-0.2, -0.15) is 5.10 Å². The molecule has 0 bridgehead atoms. The van der Waals surface area contributed by atoms with Crippen molar-refractivity contribution in [2.75, 3.05) is 6.54 Å². The van der Waals surface area contributed by atoms with Crippen molar-refractivity contribution in [2.45, 2.75) is 20.4 Å². The van der Waals surface area contributed by atoms with Crippen LogP contribution in [-0.2, 0) is 6.54 Å². The number of carbonyl (C=O) groups excluding carboxylic acids is 2. The number of benzene rings is 2. The quantitative estimate of drug-likeness (QED) is 0.621. The zero-order valence-corrected chi connectivity index (χ0v) is 17.1. The Bertz CT molecular complexity index is 982. The third-order valence-electron chi connectivity index (χ3n) is 4.21. The van der Waals surface area contributed by atoms with Gasteiger partial charge in [-0.3, -0.25) is 9.59 Å². The van der Waals surface area contributed by atoms with Gasteiger partial charge in [0.1, 0.15) is 5.69 Å². The van der Waals surface area contributed by atoms with Crippen molar-refractivity contribution >= 4 is 23.4 Å². The molecule has 0 saturated carbocycles. The van der Waals surface area contributed by atoms with Crippen molar-refractivity contribution in [3.05, 3.63) is 82.6 Å². The second-order valence-electron chi connectivity index (χ2n) is 7.08. The van der Waals surface area contributed by atoms with E-state index in [0.29, 0.717) is 29.7 Å². The Hall–Kier alpha value is -3.12. The van der Waals surface area contributed by atoms with E-state index in [-0.39, 0.29) is 23.2 Å². The third kappa shape index (κ3) is 5.45. The molecule has 0 atom stereocenters. The highest BCUT2D eigenvalue weighted by Gasteiger charge is 2.20. The van der Waals surface area contributed by atoms with Gasteiger partial charge in [0.05, 0.1) is 5.69 Å². The van der Waals surface area contributed by atoms with Gasteiger partial charge >= 0.3 is 0 Å². The predicted molar refractivity (Wildman–Crippen MR) is 113 cm³/mol. The van der Waals surface area contributed by atoms with Gasteiger partial charge in [-0.1, -0.05) is 55.8 Å². The number of hydrogen-bond donors (Lipinski definition) is 2. The lowest BCUT2D eigenvalue weighted by Crippen LogP contribution is -2.29. The molecule has 1 heterocycles. The molecule has 0 aliphatic carbocycles. The van der Waals surface area contributed by atoms with Gasteiger partial charge < -0.3 is 10.6 Å². The maximum Gasteiger partial charge on any atom is 0.272 e. The standard InChI is InChI=1S/C22H23ClN4O2/c1-15(2)13-24-22(29)20-12-19(21(28)25-14-16-6-4-3-5-7-16)26-27(20)18-10-8-17(23)9-11-18/h3-12,15H,13-14H2,1-2H3,(H,24,29)(H,25,28). The lowest BCUT2D eigenvalue weighted by atomic mass is 10.2. The highest BCUT2D eigenvalue weighted by molar-refractivity contribution is 6.30. The molecule has 1 aromatic heterocycles. The fourth-order valence-corrected chi connectivity index (χ4v) is 2.82. The first kappa shape index (κ1) is 20.6. The van der Waals surface area contributed by atoms with E-state index < -0.39 is 0 Å². The van der Waals surface area contributed by atoms with E-state index in [1.165, 1.54) is 10.7 Å². The minimum absolute atomic E-state index is 0.172. The largest absolute Gasteiger partial charge is 0.350 e. The average Bonchev–Trinajstić information content (AvgIpc) is 3.17. The van der Waals surface area contributed by atoms with Crippen molar-refractivity contribution in [3.63, 3.8) is 0 Å². The van der Waals surface area contributed by atoms with E-state index in [1.807, 2.05) is 44.2 Å². The van der Waals surface area contributed by atoms with Gasteiger partial charge in [-0.05, 0) is 35.7 Å². The molecule has 7 heteroatoms. The van der Waals surface area contributed by atoms with Crippen LogP contribution >= 0.6 is 11.6 Å². The van der Waals surface area contributed by atoms with E-state index in [1.54, 1.807) is 24.3 Å². The summed E-state index contributed by atoms with van der Waals surface area (Å²) in [5, 5.41) is 10.7. The number of amides is 2. The van der Waals surface area contributed by atoms with E-state index in [9.17, 15) is 9.59 Å². The number of rotatable bonds is 7. The minimum atomic E-state index is -0.348. The summed E-state index contributed by atoms with van der Waals surface area (Å²) in [6.45, 7) is 4.93. The Morgan fingerprint density at radius 1 is 1.00 bits per heavy atom. The lowest BCUT2D eigenvalue weighted by Gasteiger charge is -2.09. The molecule has 0 aliphatic rings. The average molecular weight is 411 g/mol. The molecule has 0 saturated heterocycles. The Morgan fingerprint density at radius 3 is 2.34 bits per heavy atom. The zero-order chi connectivity index (χ0) is 20.8. The molecule has 29 heavy (non-hydrogen) atoms. The summed E-state index contributed by atoms with van der Waals surface area (Å²) >= 11 is 5.97. The van der Waals surface area contributed by atoms with Crippen LogP contribution in [0.5, 0.6) is 0 Å². The van der Waals surface area contributed by atoms with E-state index in [0.717, 1.165) is 5.56 Å². The summed E-state index contributed by atoms with van der Waals surface area (Å²) in [4.78, 5) is 25.3. The topological polar surface area (TPSA) is 76.0 Å². The fraction of sp³-hybridized carbons (Fsp3) is 0.227. The van der Waals surface area contributed by atoms with Crippen LogP contribution in [0.2, 0.25) is 5.02 Å². The highest BCUT2D eigenvalue weighted by atomic mass is 35.5. The maximum absolute atomic E-state index is 12.7.